The molecular weight excluding hydrogens is 246 g/mol. The first-order valence-electron chi connectivity index (χ1n) is 5.08. The van der Waals surface area contributed by atoms with Gasteiger partial charge in [-0.25, -0.2) is 0 Å². The number of nitrogens with one attached hydrogen (secondary N) is 1. The molecule has 0 aliphatic heterocycles. The van der Waals surface area contributed by atoms with Crippen molar-refractivity contribution in [3.63, 3.8) is 0 Å². The SMILES string of the molecule is CCCNC(=O)c1nnc([S+]([O-])C(C)C)s1. The number of hydrogen-bond donors (Lipinski definition) is 1. The smallest absolute Gasteiger partial charge is 0.322 e. The average Bonchev–Trinajstić information content (AvgIpc) is 2.73. The van der Waals surface area contributed by atoms with Crippen LogP contribution in [0.25, 0.3) is 0 Å². The van der Waals surface area contributed by atoms with Crippen molar-refractivity contribution in [2.24, 2.45) is 0 Å². The minimum atomic E-state index is -1.17. The third kappa shape index (κ3) is 3.43. The van der Waals surface area contributed by atoms with Gasteiger partial charge in [0.1, 0.15) is 5.25 Å². The molecule has 5 nitrogen and oxygen atoms in total. The van der Waals surface area contributed by atoms with Crippen LogP contribution in [0.1, 0.15) is 37.0 Å². The zero-order valence-corrected chi connectivity index (χ0v) is 11.2. The van der Waals surface area contributed by atoms with Crippen LogP contribution in [0.5, 0.6) is 0 Å². The molecule has 0 aliphatic carbocycles. The minimum Gasteiger partial charge on any atom is -0.609 e. The zero-order valence-electron chi connectivity index (χ0n) is 9.52. The number of carbonyl (C=O) groups is 1. The minimum absolute atomic E-state index is 0.0143. The molecule has 1 aromatic heterocycles. The fraction of sp³-hybridized carbons (Fsp3) is 0.667. The third-order valence-electron chi connectivity index (χ3n) is 1.74. The second-order valence-electron chi connectivity index (χ2n) is 3.48. The molecular formula is C9H15N3O2S2. The van der Waals surface area contributed by atoms with Crippen molar-refractivity contribution in [2.75, 3.05) is 6.54 Å². The van der Waals surface area contributed by atoms with Crippen molar-refractivity contribution >= 4 is 28.4 Å². The summed E-state index contributed by atoms with van der Waals surface area (Å²) in [7, 11) is 0. The van der Waals surface area contributed by atoms with Crippen LogP contribution < -0.4 is 5.32 Å². The van der Waals surface area contributed by atoms with Crippen molar-refractivity contribution < 1.29 is 9.35 Å². The van der Waals surface area contributed by atoms with Gasteiger partial charge in [0.05, 0.1) is 0 Å². The lowest BCUT2D eigenvalue weighted by atomic mass is 10.5. The lowest BCUT2D eigenvalue weighted by molar-refractivity contribution is 0.0952. The van der Waals surface area contributed by atoms with E-state index >= 15 is 0 Å². The van der Waals surface area contributed by atoms with E-state index in [1.807, 2.05) is 20.8 Å². The van der Waals surface area contributed by atoms with Gasteiger partial charge in [-0.3, -0.25) is 4.79 Å². The first-order chi connectivity index (χ1) is 7.56. The summed E-state index contributed by atoms with van der Waals surface area (Å²) >= 11 is -0.0782. The molecule has 1 heterocycles. The maximum absolute atomic E-state index is 11.7. The van der Waals surface area contributed by atoms with E-state index in [4.69, 9.17) is 0 Å². The summed E-state index contributed by atoms with van der Waals surface area (Å²) in [6.45, 7) is 6.27. The van der Waals surface area contributed by atoms with Crippen LogP contribution in [0.2, 0.25) is 0 Å². The van der Waals surface area contributed by atoms with Crippen LogP contribution in [0.3, 0.4) is 0 Å². The lowest BCUT2D eigenvalue weighted by Gasteiger charge is -2.08. The van der Waals surface area contributed by atoms with Crippen molar-refractivity contribution in [3.05, 3.63) is 5.01 Å². The van der Waals surface area contributed by atoms with Crippen LogP contribution in [0.4, 0.5) is 0 Å². The van der Waals surface area contributed by atoms with Crippen molar-refractivity contribution in [1.29, 1.82) is 0 Å². The Morgan fingerprint density at radius 3 is 2.81 bits per heavy atom. The highest BCUT2D eigenvalue weighted by molar-refractivity contribution is 7.93. The standard InChI is InChI=1S/C9H15N3O2S2/c1-4-5-10-7(13)8-11-12-9(15-8)16(14)6(2)3/h6H,4-5H2,1-3H3,(H,10,13). The summed E-state index contributed by atoms with van der Waals surface area (Å²) < 4.78 is 12.1. The predicted octanol–water partition coefficient (Wildman–Crippen LogP) is 1.19. The van der Waals surface area contributed by atoms with Gasteiger partial charge in [-0.15, -0.1) is 5.10 Å². The Morgan fingerprint density at radius 2 is 2.25 bits per heavy atom. The highest BCUT2D eigenvalue weighted by atomic mass is 32.2. The molecule has 1 atom stereocenters. The largest absolute Gasteiger partial charge is 0.609 e. The van der Waals surface area contributed by atoms with E-state index in [-0.39, 0.29) is 16.2 Å². The van der Waals surface area contributed by atoms with Gasteiger partial charge in [0.25, 0.3) is 5.91 Å². The molecule has 90 valence electrons. The Bertz CT molecular complexity index is 354. The van der Waals surface area contributed by atoms with Gasteiger partial charge in [0.15, 0.2) is 0 Å². The molecule has 0 aliphatic rings. The summed E-state index contributed by atoms with van der Waals surface area (Å²) in [4.78, 5) is 11.5. The predicted molar refractivity (Wildman–Crippen MR) is 64.1 cm³/mol. The zero-order chi connectivity index (χ0) is 12.1. The van der Waals surface area contributed by atoms with E-state index in [1.54, 1.807) is 0 Å². The fourth-order valence-corrected chi connectivity index (χ4v) is 3.06. The Kier molecular flexibility index (Phi) is 5.17. The monoisotopic (exact) mass is 261 g/mol. The molecule has 1 unspecified atom stereocenters. The van der Waals surface area contributed by atoms with E-state index in [2.05, 4.69) is 15.5 Å². The van der Waals surface area contributed by atoms with Crippen LogP contribution in [0, 0.1) is 0 Å². The quantitative estimate of drug-likeness (QED) is 0.808. The number of carbonyl (C=O) groups excluding carboxylic acids is 1. The van der Waals surface area contributed by atoms with Crippen LogP contribution in [0.15, 0.2) is 4.34 Å². The molecule has 0 spiro atoms. The van der Waals surface area contributed by atoms with Gasteiger partial charge in [-0.1, -0.05) is 12.0 Å². The van der Waals surface area contributed by atoms with Crippen molar-refractivity contribution in [3.8, 4) is 0 Å². The summed E-state index contributed by atoms with van der Waals surface area (Å²) in [5, 5.41) is 10.5. The molecule has 0 bridgehead atoms. The average molecular weight is 261 g/mol. The lowest BCUT2D eigenvalue weighted by Crippen LogP contribution is -2.23. The van der Waals surface area contributed by atoms with Gasteiger partial charge in [-0.2, -0.15) is 0 Å². The van der Waals surface area contributed by atoms with Gasteiger partial charge in [-0.05, 0) is 31.6 Å². The number of amides is 1. The molecule has 1 aromatic rings. The van der Waals surface area contributed by atoms with Crippen LogP contribution in [-0.4, -0.2) is 32.5 Å². The van der Waals surface area contributed by atoms with Gasteiger partial charge in [0.2, 0.25) is 5.01 Å². The van der Waals surface area contributed by atoms with E-state index in [1.165, 1.54) is 0 Å². The summed E-state index contributed by atoms with van der Waals surface area (Å²) in [6.07, 6.45) is 0.870. The van der Waals surface area contributed by atoms with Crippen LogP contribution in [-0.2, 0) is 11.2 Å². The van der Waals surface area contributed by atoms with Gasteiger partial charge in [0, 0.05) is 17.7 Å². The van der Waals surface area contributed by atoms with E-state index in [0.717, 1.165) is 17.8 Å². The first-order valence-corrected chi connectivity index (χ1v) is 7.11. The first kappa shape index (κ1) is 13.4. The van der Waals surface area contributed by atoms with Crippen molar-refractivity contribution in [2.45, 2.75) is 36.8 Å². The second kappa shape index (κ2) is 6.17. The Hall–Kier alpha value is -0.660. The van der Waals surface area contributed by atoms with E-state index < -0.39 is 11.2 Å². The fourth-order valence-electron chi connectivity index (χ4n) is 0.899. The maximum Gasteiger partial charge on any atom is 0.322 e. The highest BCUT2D eigenvalue weighted by Crippen LogP contribution is 2.19. The molecule has 1 rings (SSSR count). The Morgan fingerprint density at radius 1 is 1.56 bits per heavy atom. The molecule has 0 radical (unpaired) electrons. The molecule has 1 N–H and O–H groups in total. The number of nitrogens with zero attached hydrogens (tertiary/aromatic N) is 2. The summed E-state index contributed by atoms with van der Waals surface area (Å²) in [6, 6.07) is 0. The molecule has 1 amide bonds. The van der Waals surface area contributed by atoms with Gasteiger partial charge >= 0.3 is 4.34 Å². The Balaban J connectivity index is 2.67. The molecule has 0 aromatic carbocycles. The molecule has 0 fully saturated rings. The highest BCUT2D eigenvalue weighted by Gasteiger charge is 2.23. The van der Waals surface area contributed by atoms with E-state index in [0.29, 0.717) is 10.9 Å². The Labute approximate surface area is 102 Å². The van der Waals surface area contributed by atoms with E-state index in [9.17, 15) is 9.35 Å². The molecule has 0 saturated carbocycles. The molecule has 16 heavy (non-hydrogen) atoms. The van der Waals surface area contributed by atoms with Crippen LogP contribution >= 0.6 is 11.3 Å². The number of hydrogen-bond acceptors (Lipinski definition) is 5. The topological polar surface area (TPSA) is 77.9 Å². The van der Waals surface area contributed by atoms with Crippen molar-refractivity contribution in [1.82, 2.24) is 15.5 Å². The second-order valence-corrected chi connectivity index (χ2v) is 6.64. The molecule has 0 saturated heterocycles. The normalized spacial score (nSPS) is 12.8. The summed E-state index contributed by atoms with van der Waals surface area (Å²) in [5.74, 6) is -0.244. The maximum atomic E-state index is 11.7. The third-order valence-corrected chi connectivity index (χ3v) is 4.48. The number of aromatic nitrogens is 2. The molecule has 7 heteroatoms. The van der Waals surface area contributed by atoms with Gasteiger partial charge < -0.3 is 9.87 Å². The summed E-state index contributed by atoms with van der Waals surface area (Å²) in [5.41, 5.74) is 0. The number of rotatable bonds is 5.